The Bertz CT molecular complexity index is 1380. The van der Waals surface area contributed by atoms with Gasteiger partial charge in [-0.3, -0.25) is 9.36 Å². The Morgan fingerprint density at radius 3 is 2.61 bits per heavy atom. The maximum Gasteiger partial charge on any atom is 0.335 e. The summed E-state index contributed by atoms with van der Waals surface area (Å²) in [6, 6.07) is 13.3. The molecular weight excluding hydrogens is 505 g/mol. The molecule has 2 aromatic heterocycles. The van der Waals surface area contributed by atoms with E-state index < -0.39 is 5.97 Å². The Kier molecular flexibility index (Phi) is 7.99. The molecule has 10 nitrogen and oxygen atoms in total. The number of carbonyl (C=O) groups is 2. The lowest BCUT2D eigenvalue weighted by molar-refractivity contribution is -0.119. The fourth-order valence-electron chi connectivity index (χ4n) is 3.22. The van der Waals surface area contributed by atoms with Crippen molar-refractivity contribution in [2.75, 3.05) is 17.2 Å². The molecule has 0 atom stereocenters. The summed E-state index contributed by atoms with van der Waals surface area (Å²) in [6.07, 6.45) is 4.94. The number of imidazole rings is 1. The minimum atomic E-state index is -1.00. The van der Waals surface area contributed by atoms with Gasteiger partial charge in [-0.1, -0.05) is 41.4 Å². The van der Waals surface area contributed by atoms with E-state index in [1.54, 1.807) is 65.8 Å². The zero-order valence-corrected chi connectivity index (χ0v) is 20.3. The molecule has 2 heterocycles. The summed E-state index contributed by atoms with van der Waals surface area (Å²) in [5.74, 6) is -0.0322. The number of carbonyl (C=O) groups excluding carboxylic acids is 1. The number of benzene rings is 2. The van der Waals surface area contributed by atoms with Gasteiger partial charge in [0.05, 0.1) is 12.1 Å². The second-order valence-electron chi connectivity index (χ2n) is 7.63. The van der Waals surface area contributed by atoms with Gasteiger partial charge >= 0.3 is 5.97 Å². The van der Waals surface area contributed by atoms with Crippen molar-refractivity contribution in [2.24, 2.45) is 0 Å². The fourth-order valence-corrected chi connectivity index (χ4v) is 3.69. The van der Waals surface area contributed by atoms with Crippen LogP contribution in [0.4, 0.5) is 11.8 Å². The highest BCUT2D eigenvalue weighted by atomic mass is 35.5. The van der Waals surface area contributed by atoms with Crippen LogP contribution in [0.5, 0.6) is 0 Å². The molecule has 0 bridgehead atoms. The molecule has 0 fully saturated rings. The lowest BCUT2D eigenvalue weighted by Gasteiger charge is -2.12. The minimum absolute atomic E-state index is 0.0360. The van der Waals surface area contributed by atoms with Crippen LogP contribution < -0.4 is 16.0 Å². The van der Waals surface area contributed by atoms with Crippen LogP contribution in [-0.4, -0.2) is 43.0 Å². The van der Waals surface area contributed by atoms with Crippen LogP contribution in [0.15, 0.2) is 67.3 Å². The van der Waals surface area contributed by atoms with Crippen LogP contribution >= 0.6 is 23.2 Å². The number of amides is 1. The van der Waals surface area contributed by atoms with E-state index in [2.05, 4.69) is 30.9 Å². The molecule has 36 heavy (non-hydrogen) atoms. The summed E-state index contributed by atoms with van der Waals surface area (Å²) < 4.78 is 1.70. The average molecular weight is 526 g/mol. The SMILES string of the molecule is O=C(CNc1cc(-n2ccnc2)nc(NCc2cccc(C(=O)O)c2)n1)NCc1ccc(Cl)cc1Cl. The van der Waals surface area contributed by atoms with Gasteiger partial charge in [0.1, 0.15) is 18.0 Å². The van der Waals surface area contributed by atoms with Crippen LogP contribution in [0.2, 0.25) is 10.0 Å². The van der Waals surface area contributed by atoms with E-state index in [-0.39, 0.29) is 30.5 Å². The van der Waals surface area contributed by atoms with Gasteiger partial charge in [-0.25, -0.2) is 9.78 Å². The first-order chi connectivity index (χ1) is 17.4. The summed E-state index contributed by atoms with van der Waals surface area (Å²) in [7, 11) is 0. The number of carboxylic acid groups (broad SMARTS) is 1. The molecule has 4 rings (SSSR count). The molecule has 0 aliphatic carbocycles. The van der Waals surface area contributed by atoms with Crippen LogP contribution in [0.3, 0.4) is 0 Å². The van der Waals surface area contributed by atoms with Crippen molar-refractivity contribution in [3.8, 4) is 5.82 Å². The largest absolute Gasteiger partial charge is 0.478 e. The number of aromatic carboxylic acids is 1. The number of halogens is 2. The number of aromatic nitrogens is 4. The molecule has 2 aromatic carbocycles. The van der Waals surface area contributed by atoms with E-state index in [4.69, 9.17) is 23.2 Å². The van der Waals surface area contributed by atoms with E-state index in [9.17, 15) is 14.7 Å². The molecule has 0 aliphatic heterocycles. The van der Waals surface area contributed by atoms with Crippen molar-refractivity contribution in [3.63, 3.8) is 0 Å². The Labute approximate surface area is 216 Å². The Morgan fingerprint density at radius 1 is 1.00 bits per heavy atom. The van der Waals surface area contributed by atoms with Crippen molar-refractivity contribution >= 4 is 46.8 Å². The fraction of sp³-hybridized carbons (Fsp3) is 0.125. The minimum Gasteiger partial charge on any atom is -0.478 e. The molecule has 0 spiro atoms. The molecule has 0 saturated heterocycles. The predicted molar refractivity (Wildman–Crippen MR) is 137 cm³/mol. The zero-order chi connectivity index (χ0) is 25.5. The number of nitrogens with one attached hydrogen (secondary N) is 3. The summed E-state index contributed by atoms with van der Waals surface area (Å²) in [4.78, 5) is 36.6. The Balaban J connectivity index is 1.43. The van der Waals surface area contributed by atoms with Gasteiger partial charge in [0.15, 0.2) is 0 Å². The highest BCUT2D eigenvalue weighted by molar-refractivity contribution is 6.35. The van der Waals surface area contributed by atoms with Crippen LogP contribution in [0.1, 0.15) is 21.5 Å². The topological polar surface area (TPSA) is 134 Å². The van der Waals surface area contributed by atoms with Gasteiger partial charge < -0.3 is 21.1 Å². The van der Waals surface area contributed by atoms with Gasteiger partial charge in [0, 0.05) is 41.6 Å². The van der Waals surface area contributed by atoms with Crippen molar-refractivity contribution in [1.82, 2.24) is 24.8 Å². The van der Waals surface area contributed by atoms with Crippen LogP contribution in [0, 0.1) is 0 Å². The van der Waals surface area contributed by atoms with Gasteiger partial charge in [-0.15, -0.1) is 0 Å². The average Bonchev–Trinajstić information content (AvgIpc) is 3.41. The first-order valence-corrected chi connectivity index (χ1v) is 11.5. The van der Waals surface area contributed by atoms with Gasteiger partial charge in [0.2, 0.25) is 11.9 Å². The predicted octanol–water partition coefficient (Wildman–Crippen LogP) is 4.01. The molecular formula is C24H21Cl2N7O3. The summed E-state index contributed by atoms with van der Waals surface area (Å²) in [5, 5.41) is 19.1. The van der Waals surface area contributed by atoms with Gasteiger partial charge in [-0.05, 0) is 35.4 Å². The maximum absolute atomic E-state index is 12.4. The standard InChI is InChI=1S/C24H21Cl2N7O3/c25-18-5-4-17(19(26)9-18)12-29-22(34)13-28-20-10-21(33-7-6-27-14-33)32-24(31-20)30-11-15-2-1-3-16(8-15)23(35)36/h1-10,14H,11-13H2,(H,29,34)(H,35,36)(H2,28,30,31,32). The van der Waals surface area contributed by atoms with E-state index in [1.807, 2.05) is 0 Å². The lowest BCUT2D eigenvalue weighted by atomic mass is 10.1. The summed E-state index contributed by atoms with van der Waals surface area (Å²) in [6.45, 7) is 0.519. The quantitative estimate of drug-likeness (QED) is 0.244. The molecule has 12 heteroatoms. The molecule has 0 aliphatic rings. The van der Waals surface area contributed by atoms with Crippen molar-refractivity contribution in [2.45, 2.75) is 13.1 Å². The molecule has 4 N–H and O–H groups in total. The number of carboxylic acids is 1. The Morgan fingerprint density at radius 2 is 1.86 bits per heavy atom. The maximum atomic E-state index is 12.4. The third-order valence-electron chi connectivity index (χ3n) is 5.03. The first-order valence-electron chi connectivity index (χ1n) is 10.8. The molecule has 184 valence electrons. The van der Waals surface area contributed by atoms with Gasteiger partial charge in [0.25, 0.3) is 0 Å². The van der Waals surface area contributed by atoms with Crippen LogP contribution in [0.25, 0.3) is 5.82 Å². The van der Waals surface area contributed by atoms with Gasteiger partial charge in [-0.2, -0.15) is 9.97 Å². The smallest absolute Gasteiger partial charge is 0.335 e. The number of nitrogens with zero attached hydrogens (tertiary/aromatic N) is 4. The highest BCUT2D eigenvalue weighted by Crippen LogP contribution is 2.21. The molecule has 4 aromatic rings. The van der Waals surface area contributed by atoms with E-state index >= 15 is 0 Å². The third-order valence-corrected chi connectivity index (χ3v) is 5.61. The number of rotatable bonds is 10. The van der Waals surface area contributed by atoms with Crippen molar-refractivity contribution in [1.29, 1.82) is 0 Å². The lowest BCUT2D eigenvalue weighted by Crippen LogP contribution is -2.29. The summed E-state index contributed by atoms with van der Waals surface area (Å²) in [5.41, 5.74) is 1.69. The van der Waals surface area contributed by atoms with Crippen LogP contribution in [-0.2, 0) is 17.9 Å². The first kappa shape index (κ1) is 25.0. The van der Waals surface area contributed by atoms with Crippen molar-refractivity contribution in [3.05, 3.63) is 94.0 Å². The number of hydrogen-bond donors (Lipinski definition) is 4. The molecule has 0 unspecified atom stereocenters. The normalized spacial score (nSPS) is 10.6. The second kappa shape index (κ2) is 11.5. The third kappa shape index (κ3) is 6.71. The monoisotopic (exact) mass is 525 g/mol. The molecule has 0 saturated carbocycles. The zero-order valence-electron chi connectivity index (χ0n) is 18.8. The second-order valence-corrected chi connectivity index (χ2v) is 8.47. The number of anilines is 2. The van der Waals surface area contributed by atoms with E-state index in [0.717, 1.165) is 11.1 Å². The van der Waals surface area contributed by atoms with Crippen molar-refractivity contribution < 1.29 is 14.7 Å². The van der Waals surface area contributed by atoms with E-state index in [0.29, 0.717) is 28.2 Å². The number of hydrogen-bond acceptors (Lipinski definition) is 7. The molecule has 1 amide bonds. The highest BCUT2D eigenvalue weighted by Gasteiger charge is 2.10. The van der Waals surface area contributed by atoms with E-state index in [1.165, 1.54) is 6.07 Å². The Hall–Kier alpha value is -4.15. The molecule has 0 radical (unpaired) electrons. The summed E-state index contributed by atoms with van der Waals surface area (Å²) >= 11 is 12.1.